The first-order valence-corrected chi connectivity index (χ1v) is 12.8. The lowest BCUT2D eigenvalue weighted by atomic mass is 10.0. The van der Waals surface area contributed by atoms with Gasteiger partial charge < -0.3 is 9.88 Å². The molecular weight excluding hydrogens is 454 g/mol. The minimum atomic E-state index is -3.76. The van der Waals surface area contributed by atoms with Crippen molar-refractivity contribution in [1.82, 2.24) is 13.9 Å². The second kappa shape index (κ2) is 10.4. The number of benzene rings is 2. The van der Waals surface area contributed by atoms with Gasteiger partial charge in [0.2, 0.25) is 10.0 Å². The van der Waals surface area contributed by atoms with Crippen LogP contribution in [0.3, 0.4) is 0 Å². The smallest absolute Gasteiger partial charge is 0.293 e. The van der Waals surface area contributed by atoms with E-state index in [4.69, 9.17) is 0 Å². The molecule has 2 heterocycles. The summed E-state index contributed by atoms with van der Waals surface area (Å²) in [5, 5.41) is 14.8. The fourth-order valence-corrected chi connectivity index (χ4v) is 5.64. The first-order chi connectivity index (χ1) is 16.3. The summed E-state index contributed by atoms with van der Waals surface area (Å²) in [7, 11) is -3.76. The monoisotopic (exact) mass is 483 g/mol. The van der Waals surface area contributed by atoms with Crippen molar-refractivity contribution >= 4 is 21.4 Å². The summed E-state index contributed by atoms with van der Waals surface area (Å²) >= 11 is 0. The van der Waals surface area contributed by atoms with E-state index in [0.29, 0.717) is 38.5 Å². The Balaban J connectivity index is 1.44. The van der Waals surface area contributed by atoms with Crippen molar-refractivity contribution in [3.63, 3.8) is 0 Å². The molecule has 1 N–H and O–H groups in total. The zero-order valence-electron chi connectivity index (χ0n) is 19.1. The van der Waals surface area contributed by atoms with Crippen LogP contribution in [-0.2, 0) is 23.0 Å². The highest BCUT2D eigenvalue weighted by Crippen LogP contribution is 2.30. The summed E-state index contributed by atoms with van der Waals surface area (Å²) in [6.07, 6.45) is 5.79. The molecule has 3 aromatic rings. The van der Waals surface area contributed by atoms with Gasteiger partial charge in [-0.3, -0.25) is 10.1 Å². The van der Waals surface area contributed by atoms with E-state index >= 15 is 0 Å². The van der Waals surface area contributed by atoms with E-state index in [2.05, 4.69) is 17.2 Å². The minimum Gasteiger partial charge on any atom is -0.379 e. The van der Waals surface area contributed by atoms with Gasteiger partial charge in [0.05, 0.1) is 9.82 Å². The number of piperidine rings is 1. The zero-order valence-corrected chi connectivity index (χ0v) is 19.9. The predicted octanol–water partition coefficient (Wildman–Crippen LogP) is 3.91. The molecule has 0 saturated carbocycles. The van der Waals surface area contributed by atoms with Crippen LogP contribution in [0.5, 0.6) is 0 Å². The largest absolute Gasteiger partial charge is 0.379 e. The van der Waals surface area contributed by atoms with Crippen molar-refractivity contribution in [3.05, 3.63) is 82.4 Å². The molecule has 9 nitrogen and oxygen atoms in total. The van der Waals surface area contributed by atoms with Gasteiger partial charge in [0.1, 0.15) is 11.5 Å². The summed E-state index contributed by atoms with van der Waals surface area (Å²) in [6.45, 7) is 4.09. The fourth-order valence-electron chi connectivity index (χ4n) is 4.15. The second-order valence-corrected chi connectivity index (χ2v) is 10.6. The van der Waals surface area contributed by atoms with Crippen molar-refractivity contribution < 1.29 is 13.3 Å². The van der Waals surface area contributed by atoms with Gasteiger partial charge in [-0.15, -0.1) is 0 Å². The Morgan fingerprint density at radius 2 is 1.88 bits per heavy atom. The Labute approximate surface area is 199 Å². The molecule has 0 aliphatic carbocycles. The summed E-state index contributed by atoms with van der Waals surface area (Å²) < 4.78 is 29.5. The Morgan fingerprint density at radius 3 is 2.59 bits per heavy atom. The molecule has 0 atom stereocenters. The maximum Gasteiger partial charge on any atom is 0.293 e. The van der Waals surface area contributed by atoms with Gasteiger partial charge in [-0.25, -0.2) is 13.4 Å². The molecule has 0 unspecified atom stereocenters. The maximum absolute atomic E-state index is 13.0. The number of nitro groups is 1. The van der Waals surface area contributed by atoms with Crippen molar-refractivity contribution in [2.45, 2.75) is 37.6 Å². The van der Waals surface area contributed by atoms with Gasteiger partial charge >= 0.3 is 0 Å². The number of nitro benzene ring substituents is 1. The van der Waals surface area contributed by atoms with Crippen LogP contribution >= 0.6 is 0 Å². The highest BCUT2D eigenvalue weighted by molar-refractivity contribution is 7.89. The lowest BCUT2D eigenvalue weighted by Crippen LogP contribution is -2.37. The molecule has 2 aromatic carbocycles. The quantitative estimate of drug-likeness (QED) is 0.365. The van der Waals surface area contributed by atoms with E-state index in [-0.39, 0.29) is 16.3 Å². The van der Waals surface area contributed by atoms with E-state index in [0.717, 1.165) is 30.3 Å². The number of sulfonamides is 1. The molecule has 1 aliphatic rings. The van der Waals surface area contributed by atoms with Gasteiger partial charge in [-0.2, -0.15) is 4.31 Å². The van der Waals surface area contributed by atoms with Crippen molar-refractivity contribution in [1.29, 1.82) is 0 Å². The summed E-state index contributed by atoms with van der Waals surface area (Å²) in [4.78, 5) is 15.5. The molecule has 1 aromatic heterocycles. The van der Waals surface area contributed by atoms with Crippen LogP contribution in [0.4, 0.5) is 11.4 Å². The van der Waals surface area contributed by atoms with Crippen LogP contribution in [0, 0.1) is 16.0 Å². The second-order valence-electron chi connectivity index (χ2n) is 8.66. The average Bonchev–Trinajstić information content (AvgIpc) is 3.26. The van der Waals surface area contributed by atoms with Gasteiger partial charge in [0.25, 0.3) is 5.69 Å². The number of hydrogen-bond donors (Lipinski definition) is 1. The van der Waals surface area contributed by atoms with Gasteiger partial charge in [-0.05, 0) is 36.5 Å². The standard InChI is InChI=1S/C24H29N5O4S/c1-19-10-14-28(15-11-19)34(32,33)21-7-8-22(23(17-21)29(30)31)25-12-9-24-26-13-16-27(24)18-20-5-3-2-4-6-20/h2-8,13,16-17,19,25H,9-12,14-15,18H2,1H3. The Morgan fingerprint density at radius 1 is 1.15 bits per heavy atom. The number of nitrogens with zero attached hydrogens (tertiary/aromatic N) is 4. The molecule has 0 radical (unpaired) electrons. The normalized spacial score (nSPS) is 15.3. The zero-order chi connectivity index (χ0) is 24.1. The summed E-state index contributed by atoms with van der Waals surface area (Å²) in [6, 6.07) is 14.1. The van der Waals surface area contributed by atoms with Gasteiger partial charge in [0, 0.05) is 51.1 Å². The number of rotatable bonds is 9. The van der Waals surface area contributed by atoms with E-state index < -0.39 is 14.9 Å². The van der Waals surface area contributed by atoms with Crippen LogP contribution < -0.4 is 5.32 Å². The molecular formula is C24H29N5O4S. The third kappa shape index (κ3) is 5.45. The van der Waals surface area contributed by atoms with E-state index in [1.165, 1.54) is 16.4 Å². The Hall–Kier alpha value is -3.24. The Bertz CT molecular complexity index is 1240. The van der Waals surface area contributed by atoms with Crippen LogP contribution in [0.15, 0.2) is 65.8 Å². The van der Waals surface area contributed by atoms with Gasteiger partial charge in [0.15, 0.2) is 0 Å². The number of imidazole rings is 1. The molecule has 1 saturated heterocycles. The molecule has 180 valence electrons. The van der Waals surface area contributed by atoms with Crippen LogP contribution in [-0.4, -0.2) is 46.8 Å². The SMILES string of the molecule is CC1CCN(S(=O)(=O)c2ccc(NCCc3nccn3Cc3ccccc3)c([N+](=O)[O-])c2)CC1. The lowest BCUT2D eigenvalue weighted by Gasteiger charge is -2.29. The third-order valence-corrected chi connectivity index (χ3v) is 8.10. The lowest BCUT2D eigenvalue weighted by molar-refractivity contribution is -0.384. The third-order valence-electron chi connectivity index (χ3n) is 6.21. The highest BCUT2D eigenvalue weighted by atomic mass is 32.2. The molecule has 4 rings (SSSR count). The predicted molar refractivity (Wildman–Crippen MR) is 130 cm³/mol. The van der Waals surface area contributed by atoms with Gasteiger partial charge in [-0.1, -0.05) is 37.3 Å². The van der Waals surface area contributed by atoms with Crippen LogP contribution in [0.1, 0.15) is 31.2 Å². The summed E-state index contributed by atoms with van der Waals surface area (Å²) in [5.74, 6) is 1.34. The van der Waals surface area contributed by atoms with Crippen molar-refractivity contribution in [3.8, 4) is 0 Å². The van der Waals surface area contributed by atoms with Crippen molar-refractivity contribution in [2.75, 3.05) is 25.0 Å². The van der Waals surface area contributed by atoms with Crippen LogP contribution in [0.25, 0.3) is 0 Å². The number of anilines is 1. The summed E-state index contributed by atoms with van der Waals surface area (Å²) in [5.41, 5.74) is 1.20. The number of nitrogens with one attached hydrogen (secondary N) is 1. The van der Waals surface area contributed by atoms with E-state index in [1.807, 2.05) is 41.1 Å². The van der Waals surface area contributed by atoms with Crippen LogP contribution in [0.2, 0.25) is 0 Å². The molecule has 1 aliphatic heterocycles. The highest BCUT2D eigenvalue weighted by Gasteiger charge is 2.30. The first kappa shape index (κ1) is 23.9. The average molecular weight is 484 g/mol. The minimum absolute atomic E-state index is 0.0438. The molecule has 1 fully saturated rings. The van der Waals surface area contributed by atoms with E-state index in [9.17, 15) is 18.5 Å². The fraction of sp³-hybridized carbons (Fsp3) is 0.375. The number of aromatic nitrogens is 2. The maximum atomic E-state index is 13.0. The molecule has 0 amide bonds. The topological polar surface area (TPSA) is 110 Å². The Kier molecular flexibility index (Phi) is 7.28. The molecule has 34 heavy (non-hydrogen) atoms. The molecule has 0 spiro atoms. The number of hydrogen-bond acceptors (Lipinski definition) is 6. The van der Waals surface area contributed by atoms with E-state index in [1.54, 1.807) is 6.20 Å². The first-order valence-electron chi connectivity index (χ1n) is 11.4. The molecule has 0 bridgehead atoms. The molecule has 10 heteroatoms. The van der Waals surface area contributed by atoms with Crippen molar-refractivity contribution in [2.24, 2.45) is 5.92 Å².